The Hall–Kier alpha value is -2.28. The van der Waals surface area contributed by atoms with Crippen molar-refractivity contribution >= 4 is 35.9 Å². The minimum atomic E-state index is -1.06. The van der Waals surface area contributed by atoms with Crippen molar-refractivity contribution in [2.24, 2.45) is 0 Å². The number of methoxy groups -OCH3 is 2. The number of ether oxygens (including phenoxy) is 2. The van der Waals surface area contributed by atoms with Crippen LogP contribution in [0.3, 0.4) is 0 Å². The molecule has 3 N–H and O–H groups in total. The Labute approximate surface area is 140 Å². The van der Waals surface area contributed by atoms with Crippen LogP contribution in [0.1, 0.15) is 18.4 Å². The highest BCUT2D eigenvalue weighted by Gasteiger charge is 2.24. The van der Waals surface area contributed by atoms with Gasteiger partial charge in [-0.25, -0.2) is 4.79 Å². The number of nitrogen functional groups attached to an aromatic ring is 1. The summed E-state index contributed by atoms with van der Waals surface area (Å²) in [6.07, 6.45) is 0.301. The third kappa shape index (κ3) is 7.01. The van der Waals surface area contributed by atoms with Crippen molar-refractivity contribution in [2.45, 2.75) is 25.3 Å². The van der Waals surface area contributed by atoms with E-state index < -0.39 is 18.0 Å². The number of halogens is 1. The molecular weight excluding hydrogens is 324 g/mol. The van der Waals surface area contributed by atoms with Crippen LogP contribution in [-0.4, -0.2) is 38.1 Å². The zero-order valence-electron chi connectivity index (χ0n) is 13.0. The molecular formula is C15H21ClN2O5. The summed E-state index contributed by atoms with van der Waals surface area (Å²) in [6.45, 7) is 0. The lowest BCUT2D eigenvalue weighted by molar-refractivity contribution is -0.150. The number of nitrogens with two attached hydrogens (primary N) is 1. The number of benzene rings is 1. The summed E-state index contributed by atoms with van der Waals surface area (Å²) in [6, 6.07) is 6.16. The predicted octanol–water partition coefficient (Wildman–Crippen LogP) is 0.844. The van der Waals surface area contributed by atoms with Gasteiger partial charge < -0.3 is 20.5 Å². The van der Waals surface area contributed by atoms with Crippen molar-refractivity contribution < 1.29 is 23.9 Å². The summed E-state index contributed by atoms with van der Waals surface area (Å²) in [4.78, 5) is 34.7. The quantitative estimate of drug-likeness (QED) is 0.560. The summed E-state index contributed by atoms with van der Waals surface area (Å²) in [5, 5.41) is 2.47. The van der Waals surface area contributed by atoms with Gasteiger partial charge in [-0.1, -0.05) is 18.2 Å². The smallest absolute Gasteiger partial charge is 0.328 e. The second-order valence-electron chi connectivity index (χ2n) is 4.62. The van der Waals surface area contributed by atoms with E-state index in [2.05, 4.69) is 14.8 Å². The highest BCUT2D eigenvalue weighted by molar-refractivity contribution is 5.88. The fourth-order valence-electron chi connectivity index (χ4n) is 1.86. The van der Waals surface area contributed by atoms with Crippen molar-refractivity contribution in [3.63, 3.8) is 0 Å². The lowest BCUT2D eigenvalue weighted by Crippen LogP contribution is -2.43. The first kappa shape index (κ1) is 20.7. The highest BCUT2D eigenvalue weighted by Crippen LogP contribution is 2.12. The van der Waals surface area contributed by atoms with Crippen LogP contribution in [0.4, 0.5) is 5.69 Å². The van der Waals surface area contributed by atoms with E-state index in [-0.39, 0.29) is 31.2 Å². The molecule has 0 fully saturated rings. The first-order valence-corrected chi connectivity index (χ1v) is 6.75. The normalized spacial score (nSPS) is 10.9. The summed E-state index contributed by atoms with van der Waals surface area (Å²) in [5.74, 6) is -1.68. The van der Waals surface area contributed by atoms with E-state index in [9.17, 15) is 14.4 Å². The second kappa shape index (κ2) is 10.4. The van der Waals surface area contributed by atoms with Crippen LogP contribution < -0.4 is 11.1 Å². The van der Waals surface area contributed by atoms with Crippen molar-refractivity contribution in [2.75, 3.05) is 20.0 Å². The number of anilines is 1. The van der Waals surface area contributed by atoms with Gasteiger partial charge in [-0.15, -0.1) is 12.4 Å². The standard InChI is InChI=1S/C15H20N2O5.ClH/c1-21-14(19)9-12(15(20)22-2)17-13(18)8-7-10-5-3-4-6-11(10)16;/h3-6,12H,7-9,16H2,1-2H3,(H,17,18);1H. The van der Waals surface area contributed by atoms with Gasteiger partial charge in [-0.2, -0.15) is 0 Å². The Morgan fingerprint density at radius 3 is 2.39 bits per heavy atom. The van der Waals surface area contributed by atoms with Gasteiger partial charge in [0.05, 0.1) is 20.6 Å². The van der Waals surface area contributed by atoms with E-state index in [1.165, 1.54) is 14.2 Å². The fraction of sp³-hybridized carbons (Fsp3) is 0.400. The third-order valence-corrected chi connectivity index (χ3v) is 3.10. The topological polar surface area (TPSA) is 108 Å². The SMILES string of the molecule is COC(=O)CC(NC(=O)CCc1ccccc1N)C(=O)OC.Cl. The van der Waals surface area contributed by atoms with Gasteiger partial charge in [0.15, 0.2) is 0 Å². The largest absolute Gasteiger partial charge is 0.469 e. The number of para-hydroxylation sites is 1. The van der Waals surface area contributed by atoms with E-state index in [0.717, 1.165) is 5.56 Å². The molecule has 7 nitrogen and oxygen atoms in total. The molecule has 0 radical (unpaired) electrons. The monoisotopic (exact) mass is 344 g/mol. The number of hydrogen-bond acceptors (Lipinski definition) is 6. The third-order valence-electron chi connectivity index (χ3n) is 3.10. The zero-order valence-corrected chi connectivity index (χ0v) is 13.9. The summed E-state index contributed by atoms with van der Waals surface area (Å²) in [5.41, 5.74) is 7.25. The average molecular weight is 345 g/mol. The van der Waals surface area contributed by atoms with Crippen molar-refractivity contribution in [3.05, 3.63) is 29.8 Å². The number of carbonyl (C=O) groups is 3. The molecule has 1 unspecified atom stereocenters. The molecule has 1 aromatic rings. The lowest BCUT2D eigenvalue weighted by Gasteiger charge is -2.15. The van der Waals surface area contributed by atoms with Crippen LogP contribution in [0.25, 0.3) is 0 Å². The first-order chi connectivity index (χ1) is 10.5. The highest BCUT2D eigenvalue weighted by atomic mass is 35.5. The maximum absolute atomic E-state index is 11.9. The van der Waals surface area contributed by atoms with Crippen LogP contribution >= 0.6 is 12.4 Å². The van der Waals surface area contributed by atoms with Gasteiger partial charge in [0.1, 0.15) is 6.04 Å². The molecule has 1 amide bonds. The summed E-state index contributed by atoms with van der Waals surface area (Å²) >= 11 is 0. The van der Waals surface area contributed by atoms with E-state index in [1.54, 1.807) is 6.07 Å². The van der Waals surface area contributed by atoms with Gasteiger partial charge in [0.25, 0.3) is 0 Å². The van der Waals surface area contributed by atoms with Gasteiger partial charge in [0, 0.05) is 12.1 Å². The minimum Gasteiger partial charge on any atom is -0.469 e. The minimum absolute atomic E-state index is 0. The van der Waals surface area contributed by atoms with Crippen LogP contribution in [-0.2, 0) is 30.3 Å². The molecule has 0 aromatic heterocycles. The molecule has 0 aliphatic carbocycles. The first-order valence-electron chi connectivity index (χ1n) is 6.75. The maximum atomic E-state index is 11.9. The Morgan fingerprint density at radius 2 is 1.83 bits per heavy atom. The number of carbonyl (C=O) groups excluding carboxylic acids is 3. The van der Waals surface area contributed by atoms with Gasteiger partial charge in [-0.3, -0.25) is 9.59 Å². The lowest BCUT2D eigenvalue weighted by atomic mass is 10.1. The number of esters is 2. The number of rotatable bonds is 7. The van der Waals surface area contributed by atoms with Crippen molar-refractivity contribution in [3.8, 4) is 0 Å². The number of aryl methyl sites for hydroxylation is 1. The molecule has 23 heavy (non-hydrogen) atoms. The number of amides is 1. The van der Waals surface area contributed by atoms with Crippen LogP contribution in [0.2, 0.25) is 0 Å². The van der Waals surface area contributed by atoms with E-state index >= 15 is 0 Å². The second-order valence-corrected chi connectivity index (χ2v) is 4.62. The number of nitrogens with one attached hydrogen (secondary N) is 1. The molecule has 0 heterocycles. The van der Waals surface area contributed by atoms with Gasteiger partial charge >= 0.3 is 11.9 Å². The molecule has 1 atom stereocenters. The van der Waals surface area contributed by atoms with Crippen LogP contribution in [0, 0.1) is 0 Å². The molecule has 1 aromatic carbocycles. The molecule has 0 saturated carbocycles. The van der Waals surface area contributed by atoms with Crippen LogP contribution in [0.15, 0.2) is 24.3 Å². The maximum Gasteiger partial charge on any atom is 0.328 e. The molecule has 0 aliphatic rings. The molecule has 0 aliphatic heterocycles. The van der Waals surface area contributed by atoms with Crippen LogP contribution in [0.5, 0.6) is 0 Å². The zero-order chi connectivity index (χ0) is 16.5. The average Bonchev–Trinajstić information content (AvgIpc) is 2.52. The molecule has 0 saturated heterocycles. The fourth-order valence-corrected chi connectivity index (χ4v) is 1.86. The van der Waals surface area contributed by atoms with E-state index in [1.807, 2.05) is 18.2 Å². The Morgan fingerprint density at radius 1 is 1.17 bits per heavy atom. The summed E-state index contributed by atoms with van der Waals surface area (Å²) in [7, 11) is 2.39. The molecule has 0 spiro atoms. The molecule has 1 rings (SSSR count). The van der Waals surface area contributed by atoms with Crippen molar-refractivity contribution in [1.29, 1.82) is 0 Å². The predicted molar refractivity (Wildman–Crippen MR) is 87.0 cm³/mol. The molecule has 128 valence electrons. The molecule has 8 heteroatoms. The molecule has 0 bridgehead atoms. The Bertz CT molecular complexity index is 550. The Balaban J connectivity index is 0.00000484. The van der Waals surface area contributed by atoms with Gasteiger partial charge in [-0.05, 0) is 18.1 Å². The Kier molecular flexibility index (Phi) is 9.41. The van der Waals surface area contributed by atoms with E-state index in [0.29, 0.717) is 12.1 Å². The number of hydrogen-bond donors (Lipinski definition) is 2. The van der Waals surface area contributed by atoms with Gasteiger partial charge in [0.2, 0.25) is 5.91 Å². The summed E-state index contributed by atoms with van der Waals surface area (Å²) < 4.78 is 9.05. The van der Waals surface area contributed by atoms with E-state index in [4.69, 9.17) is 5.73 Å². The van der Waals surface area contributed by atoms with Crippen molar-refractivity contribution in [1.82, 2.24) is 5.32 Å².